The molecular formula is C24H24FN7O. The van der Waals surface area contributed by atoms with E-state index < -0.39 is 0 Å². The summed E-state index contributed by atoms with van der Waals surface area (Å²) >= 11 is 0. The number of fused-ring (bicyclic) bond motifs is 1. The first-order valence-electron chi connectivity index (χ1n) is 10.9. The second-order valence-electron chi connectivity index (χ2n) is 8.15. The smallest absolute Gasteiger partial charge is 0.318 e. The maximum atomic E-state index is 13.1. The minimum atomic E-state index is -0.288. The molecule has 3 aromatic heterocycles. The summed E-state index contributed by atoms with van der Waals surface area (Å²) in [4.78, 5) is 33.2. The number of rotatable bonds is 4. The van der Waals surface area contributed by atoms with Gasteiger partial charge < -0.3 is 20.1 Å². The number of hydrogen-bond donors (Lipinski definition) is 2. The average molecular weight is 446 g/mol. The summed E-state index contributed by atoms with van der Waals surface area (Å²) in [6.45, 7) is 4.28. The molecule has 0 saturated carbocycles. The third-order valence-corrected chi connectivity index (χ3v) is 5.94. The fourth-order valence-electron chi connectivity index (χ4n) is 4.20. The number of amides is 2. The molecule has 1 aromatic carbocycles. The molecule has 9 heteroatoms. The van der Waals surface area contributed by atoms with Gasteiger partial charge in [-0.25, -0.2) is 19.2 Å². The lowest BCUT2D eigenvalue weighted by Gasteiger charge is -2.40. The van der Waals surface area contributed by atoms with Gasteiger partial charge in [0.05, 0.1) is 5.39 Å². The third kappa shape index (κ3) is 4.34. The first-order chi connectivity index (χ1) is 16.1. The van der Waals surface area contributed by atoms with Gasteiger partial charge in [-0.3, -0.25) is 4.98 Å². The van der Waals surface area contributed by atoms with Crippen molar-refractivity contribution >= 4 is 22.9 Å². The van der Waals surface area contributed by atoms with E-state index in [-0.39, 0.29) is 17.9 Å². The normalized spacial score (nSPS) is 16.2. The molecule has 168 valence electrons. The second kappa shape index (κ2) is 8.85. The molecule has 33 heavy (non-hydrogen) atoms. The number of nitrogens with zero attached hydrogens (tertiary/aromatic N) is 5. The molecule has 2 amide bonds. The second-order valence-corrected chi connectivity index (χ2v) is 8.15. The van der Waals surface area contributed by atoms with E-state index >= 15 is 0 Å². The Hall–Kier alpha value is -4.01. The van der Waals surface area contributed by atoms with Crippen LogP contribution in [0.15, 0.2) is 61.2 Å². The molecule has 0 aliphatic carbocycles. The number of aromatic nitrogens is 4. The topological polar surface area (TPSA) is 90.0 Å². The van der Waals surface area contributed by atoms with Gasteiger partial charge in [0.25, 0.3) is 0 Å². The van der Waals surface area contributed by atoms with E-state index in [2.05, 4.69) is 36.2 Å². The van der Waals surface area contributed by atoms with Crippen molar-refractivity contribution in [2.45, 2.75) is 19.5 Å². The van der Waals surface area contributed by atoms with Crippen LogP contribution in [0.25, 0.3) is 22.3 Å². The molecule has 0 radical (unpaired) electrons. The molecule has 1 saturated heterocycles. The molecule has 1 atom stereocenters. The van der Waals surface area contributed by atoms with E-state index in [4.69, 9.17) is 0 Å². The van der Waals surface area contributed by atoms with Crippen LogP contribution in [-0.4, -0.2) is 56.5 Å². The first kappa shape index (κ1) is 20.9. The number of urea groups is 1. The standard InChI is InChI=1S/C24H24FN7O/c1-16-14-31(10-11-32(16)24(33)27-13-17-2-4-19(25)5-3-17)23-20-12-21(18-6-8-26-9-7-18)30-22(20)28-15-29-23/h2-9,12,15-16H,10-11,13-14H2,1H3,(H,27,33)(H,28,29,30)/t16-/m0/s1. The Morgan fingerprint density at radius 3 is 2.70 bits per heavy atom. The Morgan fingerprint density at radius 2 is 1.94 bits per heavy atom. The number of aromatic amines is 1. The lowest BCUT2D eigenvalue weighted by Crippen LogP contribution is -2.56. The maximum absolute atomic E-state index is 13.1. The molecule has 1 fully saturated rings. The van der Waals surface area contributed by atoms with Crippen LogP contribution in [0, 0.1) is 5.82 Å². The number of benzene rings is 1. The number of pyridine rings is 1. The molecule has 4 aromatic rings. The molecule has 5 rings (SSSR count). The number of nitrogens with one attached hydrogen (secondary N) is 2. The van der Waals surface area contributed by atoms with E-state index in [0.29, 0.717) is 26.2 Å². The monoisotopic (exact) mass is 445 g/mol. The third-order valence-electron chi connectivity index (χ3n) is 5.94. The van der Waals surface area contributed by atoms with Gasteiger partial charge in [0.1, 0.15) is 23.6 Å². The Labute approximate surface area is 190 Å². The molecule has 8 nitrogen and oxygen atoms in total. The van der Waals surface area contributed by atoms with Gasteiger partial charge >= 0.3 is 6.03 Å². The van der Waals surface area contributed by atoms with Crippen LogP contribution in [0.4, 0.5) is 15.0 Å². The zero-order chi connectivity index (χ0) is 22.8. The molecule has 2 N–H and O–H groups in total. The highest BCUT2D eigenvalue weighted by Gasteiger charge is 2.29. The molecular weight excluding hydrogens is 421 g/mol. The van der Waals surface area contributed by atoms with Crippen molar-refractivity contribution in [1.82, 2.24) is 30.2 Å². The predicted molar refractivity (Wildman–Crippen MR) is 124 cm³/mol. The van der Waals surface area contributed by atoms with Gasteiger partial charge in [0.15, 0.2) is 0 Å². The van der Waals surface area contributed by atoms with Crippen LogP contribution < -0.4 is 10.2 Å². The summed E-state index contributed by atoms with van der Waals surface area (Å²) in [5.74, 6) is 0.568. The number of H-pyrrole nitrogens is 1. The highest BCUT2D eigenvalue weighted by Crippen LogP contribution is 2.29. The lowest BCUT2D eigenvalue weighted by molar-refractivity contribution is 0.171. The number of carbonyl (C=O) groups is 1. The molecule has 1 aliphatic heterocycles. The first-order valence-corrected chi connectivity index (χ1v) is 10.9. The van der Waals surface area contributed by atoms with Gasteiger partial charge in [0, 0.05) is 55.9 Å². The molecule has 0 spiro atoms. The highest BCUT2D eigenvalue weighted by atomic mass is 19.1. The molecule has 1 aliphatic rings. The van der Waals surface area contributed by atoms with Crippen LogP contribution in [-0.2, 0) is 6.54 Å². The quantitative estimate of drug-likeness (QED) is 0.501. The van der Waals surface area contributed by atoms with E-state index in [0.717, 1.165) is 33.7 Å². The van der Waals surface area contributed by atoms with Gasteiger partial charge in [0.2, 0.25) is 0 Å². The summed E-state index contributed by atoms with van der Waals surface area (Å²) in [7, 11) is 0. The average Bonchev–Trinajstić information content (AvgIpc) is 3.28. The van der Waals surface area contributed by atoms with E-state index in [1.54, 1.807) is 30.9 Å². The summed E-state index contributed by atoms with van der Waals surface area (Å²) < 4.78 is 13.1. The van der Waals surface area contributed by atoms with Crippen molar-refractivity contribution in [2.75, 3.05) is 24.5 Å². The van der Waals surface area contributed by atoms with Gasteiger partial charge in [-0.1, -0.05) is 12.1 Å². The van der Waals surface area contributed by atoms with Crippen molar-refractivity contribution in [2.24, 2.45) is 0 Å². The van der Waals surface area contributed by atoms with E-state index in [9.17, 15) is 9.18 Å². The number of carbonyl (C=O) groups excluding carboxylic acids is 1. The van der Waals surface area contributed by atoms with Crippen molar-refractivity contribution in [3.63, 3.8) is 0 Å². The van der Waals surface area contributed by atoms with Gasteiger partial charge in [-0.05, 0) is 42.8 Å². The Morgan fingerprint density at radius 1 is 1.15 bits per heavy atom. The summed E-state index contributed by atoms with van der Waals surface area (Å²) in [6, 6.07) is 12.0. The molecule has 0 unspecified atom stereocenters. The SMILES string of the molecule is C[C@H]1CN(c2ncnc3[nH]c(-c4ccncc4)cc23)CCN1C(=O)NCc1ccc(F)cc1. The zero-order valence-electron chi connectivity index (χ0n) is 18.2. The Kier molecular flexibility index (Phi) is 5.60. The number of hydrogen-bond acceptors (Lipinski definition) is 5. The van der Waals surface area contributed by atoms with Crippen LogP contribution in [0.2, 0.25) is 0 Å². The van der Waals surface area contributed by atoms with Gasteiger partial charge in [-0.2, -0.15) is 0 Å². The zero-order valence-corrected chi connectivity index (χ0v) is 18.2. The highest BCUT2D eigenvalue weighted by molar-refractivity contribution is 5.92. The van der Waals surface area contributed by atoms with Crippen LogP contribution in [0.3, 0.4) is 0 Å². The summed E-state index contributed by atoms with van der Waals surface area (Å²) in [6.07, 6.45) is 5.09. The lowest BCUT2D eigenvalue weighted by atomic mass is 10.1. The number of anilines is 1. The van der Waals surface area contributed by atoms with Crippen molar-refractivity contribution < 1.29 is 9.18 Å². The van der Waals surface area contributed by atoms with Crippen molar-refractivity contribution in [3.8, 4) is 11.3 Å². The summed E-state index contributed by atoms with van der Waals surface area (Å²) in [5, 5.41) is 3.88. The fourth-order valence-corrected chi connectivity index (χ4v) is 4.20. The van der Waals surface area contributed by atoms with Crippen LogP contribution >= 0.6 is 0 Å². The van der Waals surface area contributed by atoms with Crippen LogP contribution in [0.1, 0.15) is 12.5 Å². The van der Waals surface area contributed by atoms with Crippen molar-refractivity contribution in [1.29, 1.82) is 0 Å². The fraction of sp³-hybridized carbons (Fsp3) is 0.250. The number of piperazine rings is 1. The van der Waals surface area contributed by atoms with Gasteiger partial charge in [-0.15, -0.1) is 0 Å². The van der Waals surface area contributed by atoms with E-state index in [1.165, 1.54) is 12.1 Å². The van der Waals surface area contributed by atoms with E-state index in [1.807, 2.05) is 24.0 Å². The summed E-state index contributed by atoms with van der Waals surface area (Å²) in [5.41, 5.74) is 3.63. The number of halogens is 1. The minimum Gasteiger partial charge on any atom is -0.352 e. The van der Waals surface area contributed by atoms with Crippen molar-refractivity contribution in [3.05, 3.63) is 72.6 Å². The molecule has 4 heterocycles. The Balaban J connectivity index is 1.28. The van der Waals surface area contributed by atoms with Crippen LogP contribution in [0.5, 0.6) is 0 Å². The predicted octanol–water partition coefficient (Wildman–Crippen LogP) is 3.58. The molecule has 0 bridgehead atoms. The maximum Gasteiger partial charge on any atom is 0.318 e. The minimum absolute atomic E-state index is 0.00408. The Bertz CT molecular complexity index is 1260. The largest absolute Gasteiger partial charge is 0.352 e.